The van der Waals surface area contributed by atoms with Crippen LogP contribution in [0.25, 0.3) is 10.9 Å². The molecule has 0 bridgehead atoms. The zero-order valence-corrected chi connectivity index (χ0v) is 10.7. The third kappa shape index (κ3) is 1.72. The molecule has 1 aromatic heterocycles. The van der Waals surface area contributed by atoms with Crippen molar-refractivity contribution in [1.29, 1.82) is 0 Å². The van der Waals surface area contributed by atoms with Gasteiger partial charge in [0.25, 0.3) is 0 Å². The second-order valence-corrected chi connectivity index (χ2v) is 5.34. The summed E-state index contributed by atoms with van der Waals surface area (Å²) >= 11 is 6.05. The Morgan fingerprint density at radius 2 is 2.06 bits per heavy atom. The van der Waals surface area contributed by atoms with E-state index in [9.17, 15) is 0 Å². The molecule has 0 radical (unpaired) electrons. The summed E-state index contributed by atoms with van der Waals surface area (Å²) in [6.07, 6.45) is 2.15. The van der Waals surface area contributed by atoms with Gasteiger partial charge >= 0.3 is 0 Å². The first-order valence-corrected chi connectivity index (χ1v) is 5.78. The first kappa shape index (κ1) is 11.5. The number of nitrogens with zero attached hydrogens (tertiary/aromatic N) is 1. The van der Waals surface area contributed by atoms with Gasteiger partial charge in [0.15, 0.2) is 0 Å². The molecule has 86 valence electrons. The molecule has 2 rings (SSSR count). The molecule has 0 amide bonds. The monoisotopic (exact) mass is 236 g/mol. The molecule has 1 heterocycles. The van der Waals surface area contributed by atoms with E-state index in [0.717, 1.165) is 5.02 Å². The molecule has 0 aliphatic heterocycles. The van der Waals surface area contributed by atoms with Gasteiger partial charge in [0.2, 0.25) is 0 Å². The van der Waals surface area contributed by atoms with Crippen LogP contribution in [0.5, 0.6) is 0 Å². The van der Waals surface area contributed by atoms with Crippen LogP contribution < -0.4 is 5.73 Å². The van der Waals surface area contributed by atoms with Crippen molar-refractivity contribution in [2.75, 3.05) is 6.54 Å². The number of rotatable bonds is 2. The van der Waals surface area contributed by atoms with E-state index in [1.54, 1.807) is 0 Å². The smallest absolute Gasteiger partial charge is 0.0481 e. The second-order valence-electron chi connectivity index (χ2n) is 4.90. The molecule has 0 atom stereocenters. The van der Waals surface area contributed by atoms with Crippen molar-refractivity contribution in [1.82, 2.24) is 4.57 Å². The molecule has 2 N–H and O–H groups in total. The topological polar surface area (TPSA) is 30.9 Å². The summed E-state index contributed by atoms with van der Waals surface area (Å²) in [4.78, 5) is 0. The second kappa shape index (κ2) is 3.79. The summed E-state index contributed by atoms with van der Waals surface area (Å²) in [6, 6.07) is 5.99. The highest BCUT2D eigenvalue weighted by atomic mass is 35.5. The van der Waals surface area contributed by atoms with Gasteiger partial charge in [-0.1, -0.05) is 25.4 Å². The first-order valence-electron chi connectivity index (χ1n) is 5.41. The van der Waals surface area contributed by atoms with E-state index in [4.69, 9.17) is 17.3 Å². The van der Waals surface area contributed by atoms with Gasteiger partial charge in [-0.2, -0.15) is 0 Å². The molecule has 2 nitrogen and oxygen atoms in total. The van der Waals surface area contributed by atoms with Crippen LogP contribution in [0.1, 0.15) is 19.4 Å². The van der Waals surface area contributed by atoms with E-state index in [0.29, 0.717) is 6.54 Å². The molecule has 0 saturated heterocycles. The zero-order chi connectivity index (χ0) is 11.9. The van der Waals surface area contributed by atoms with Crippen LogP contribution in [0, 0.1) is 0 Å². The molecule has 0 aliphatic rings. The molecular formula is C13H17ClN2. The molecular weight excluding hydrogens is 220 g/mol. The number of hydrogen-bond acceptors (Lipinski definition) is 1. The fourth-order valence-electron chi connectivity index (χ4n) is 2.01. The minimum absolute atomic E-state index is 0.0236. The van der Waals surface area contributed by atoms with E-state index in [1.165, 1.54) is 16.5 Å². The van der Waals surface area contributed by atoms with Gasteiger partial charge in [0.05, 0.1) is 0 Å². The molecule has 0 saturated carbocycles. The minimum Gasteiger partial charge on any atom is -0.350 e. The molecule has 16 heavy (non-hydrogen) atoms. The van der Waals surface area contributed by atoms with Crippen LogP contribution in [0.3, 0.4) is 0 Å². The molecule has 3 heteroatoms. The van der Waals surface area contributed by atoms with Crippen molar-refractivity contribution < 1.29 is 0 Å². The maximum atomic E-state index is 6.05. The minimum atomic E-state index is -0.0236. The summed E-state index contributed by atoms with van der Waals surface area (Å²) in [7, 11) is 2.05. The number of aryl methyl sites for hydroxylation is 1. The van der Waals surface area contributed by atoms with Gasteiger partial charge in [-0.05, 0) is 23.8 Å². The summed E-state index contributed by atoms with van der Waals surface area (Å²) in [6.45, 7) is 4.93. The van der Waals surface area contributed by atoms with Crippen LogP contribution in [0.15, 0.2) is 24.4 Å². The average molecular weight is 237 g/mol. The Bertz CT molecular complexity index is 526. The Kier molecular flexibility index (Phi) is 2.72. The maximum Gasteiger partial charge on any atom is 0.0481 e. The van der Waals surface area contributed by atoms with E-state index in [2.05, 4.69) is 24.6 Å². The van der Waals surface area contributed by atoms with E-state index in [1.807, 2.05) is 25.2 Å². The summed E-state index contributed by atoms with van der Waals surface area (Å²) in [5.41, 5.74) is 8.27. The molecule has 2 aromatic rings. The predicted molar refractivity (Wildman–Crippen MR) is 70.0 cm³/mol. The third-order valence-electron chi connectivity index (χ3n) is 3.19. The average Bonchev–Trinajstić information content (AvgIpc) is 2.56. The lowest BCUT2D eigenvalue weighted by Crippen LogP contribution is -2.27. The molecule has 0 aliphatic carbocycles. The van der Waals surface area contributed by atoms with Crippen LogP contribution in [-0.2, 0) is 12.5 Å². The Balaban J connectivity index is 2.75. The van der Waals surface area contributed by atoms with Crippen molar-refractivity contribution in [3.8, 4) is 0 Å². The van der Waals surface area contributed by atoms with Crippen molar-refractivity contribution >= 4 is 22.5 Å². The van der Waals surface area contributed by atoms with Crippen molar-refractivity contribution in [3.05, 3.63) is 35.0 Å². The zero-order valence-electron chi connectivity index (χ0n) is 9.92. The normalized spacial score (nSPS) is 12.3. The fourth-order valence-corrected chi connectivity index (χ4v) is 2.19. The third-order valence-corrected chi connectivity index (χ3v) is 3.43. The van der Waals surface area contributed by atoms with Gasteiger partial charge in [0, 0.05) is 41.1 Å². The van der Waals surface area contributed by atoms with Crippen LogP contribution in [0.2, 0.25) is 5.02 Å². The van der Waals surface area contributed by atoms with Gasteiger partial charge < -0.3 is 10.3 Å². The lowest BCUT2D eigenvalue weighted by molar-refractivity contribution is 0.542. The van der Waals surface area contributed by atoms with E-state index in [-0.39, 0.29) is 5.41 Å². The van der Waals surface area contributed by atoms with Gasteiger partial charge in [-0.25, -0.2) is 0 Å². The quantitative estimate of drug-likeness (QED) is 0.854. The highest BCUT2D eigenvalue weighted by molar-refractivity contribution is 6.31. The molecule has 1 aromatic carbocycles. The first-order chi connectivity index (χ1) is 7.45. The standard InChI is InChI=1S/C13H17ClN2/c1-13(2,8-15)11-7-16(3)12-5-4-9(14)6-10(11)12/h4-7H,8,15H2,1-3H3. The Labute approximate surface area is 101 Å². The molecule has 0 unspecified atom stereocenters. The van der Waals surface area contributed by atoms with Gasteiger partial charge in [-0.3, -0.25) is 0 Å². The summed E-state index contributed by atoms with van der Waals surface area (Å²) in [5.74, 6) is 0. The number of aromatic nitrogens is 1. The van der Waals surface area contributed by atoms with Gasteiger partial charge in [-0.15, -0.1) is 0 Å². The maximum absolute atomic E-state index is 6.05. The van der Waals surface area contributed by atoms with E-state index >= 15 is 0 Å². The Hall–Kier alpha value is -0.990. The number of nitrogens with two attached hydrogens (primary N) is 1. The van der Waals surface area contributed by atoms with Crippen molar-refractivity contribution in [2.45, 2.75) is 19.3 Å². The Morgan fingerprint density at radius 1 is 1.38 bits per heavy atom. The Morgan fingerprint density at radius 3 is 2.69 bits per heavy atom. The van der Waals surface area contributed by atoms with Crippen molar-refractivity contribution in [2.24, 2.45) is 12.8 Å². The lowest BCUT2D eigenvalue weighted by Gasteiger charge is -2.21. The summed E-state index contributed by atoms with van der Waals surface area (Å²) in [5, 5.41) is 1.97. The molecule has 0 fully saturated rings. The molecule has 0 spiro atoms. The van der Waals surface area contributed by atoms with Crippen LogP contribution in [0.4, 0.5) is 0 Å². The van der Waals surface area contributed by atoms with E-state index < -0.39 is 0 Å². The largest absolute Gasteiger partial charge is 0.350 e. The fraction of sp³-hybridized carbons (Fsp3) is 0.385. The summed E-state index contributed by atoms with van der Waals surface area (Å²) < 4.78 is 2.12. The highest BCUT2D eigenvalue weighted by Gasteiger charge is 2.23. The number of hydrogen-bond donors (Lipinski definition) is 1. The number of fused-ring (bicyclic) bond motifs is 1. The van der Waals surface area contributed by atoms with Crippen LogP contribution >= 0.6 is 11.6 Å². The van der Waals surface area contributed by atoms with Crippen LogP contribution in [-0.4, -0.2) is 11.1 Å². The number of benzene rings is 1. The number of halogens is 1. The van der Waals surface area contributed by atoms with Gasteiger partial charge in [0.1, 0.15) is 0 Å². The predicted octanol–water partition coefficient (Wildman–Crippen LogP) is 3.07. The van der Waals surface area contributed by atoms with Crippen molar-refractivity contribution in [3.63, 3.8) is 0 Å². The SMILES string of the molecule is Cn1cc(C(C)(C)CN)c2cc(Cl)ccc21. The lowest BCUT2D eigenvalue weighted by atomic mass is 9.85. The highest BCUT2D eigenvalue weighted by Crippen LogP contribution is 2.32.